The number of rotatable bonds is 8. The Morgan fingerprint density at radius 3 is 2.29 bits per heavy atom. The number of nitrogens with zero attached hydrogens (tertiary/aromatic N) is 1. The number of methoxy groups -OCH3 is 1. The van der Waals surface area contributed by atoms with Crippen molar-refractivity contribution >= 4 is 11.6 Å². The first-order valence-corrected chi connectivity index (χ1v) is 9.37. The number of hydrogen-bond acceptors (Lipinski definition) is 3. The molecule has 0 aromatic heterocycles. The molecule has 0 saturated heterocycles. The molecule has 4 heteroatoms. The van der Waals surface area contributed by atoms with Crippen molar-refractivity contribution in [1.82, 2.24) is 4.90 Å². The molecule has 0 aliphatic rings. The molecule has 0 saturated carbocycles. The number of benzene rings is 3. The first-order chi connectivity index (χ1) is 13.6. The number of amides is 1. The molecule has 0 heterocycles. The lowest BCUT2D eigenvalue weighted by atomic mass is 10.0. The van der Waals surface area contributed by atoms with Crippen molar-refractivity contribution in [3.63, 3.8) is 0 Å². The topological polar surface area (TPSA) is 41.6 Å². The van der Waals surface area contributed by atoms with Gasteiger partial charge in [-0.25, -0.2) is 0 Å². The summed E-state index contributed by atoms with van der Waals surface area (Å²) in [6.07, 6.45) is 0.791. The lowest BCUT2D eigenvalue weighted by molar-refractivity contribution is -0.117. The van der Waals surface area contributed by atoms with Gasteiger partial charge < -0.3 is 10.1 Å². The first kappa shape index (κ1) is 19.6. The van der Waals surface area contributed by atoms with E-state index in [2.05, 4.69) is 23.5 Å². The van der Waals surface area contributed by atoms with Gasteiger partial charge in [-0.15, -0.1) is 0 Å². The van der Waals surface area contributed by atoms with Crippen LogP contribution in [0.5, 0.6) is 5.75 Å². The number of anilines is 1. The molecule has 0 atom stereocenters. The molecule has 0 radical (unpaired) electrons. The van der Waals surface area contributed by atoms with Crippen LogP contribution < -0.4 is 10.1 Å². The normalized spacial score (nSPS) is 10.7. The molecule has 1 N–H and O–H groups in total. The molecule has 3 aromatic rings. The largest absolute Gasteiger partial charge is 0.497 e. The zero-order valence-electron chi connectivity index (χ0n) is 16.4. The predicted molar refractivity (Wildman–Crippen MR) is 114 cm³/mol. The van der Waals surface area contributed by atoms with Crippen molar-refractivity contribution < 1.29 is 9.53 Å². The van der Waals surface area contributed by atoms with E-state index >= 15 is 0 Å². The number of carbonyl (C=O) groups excluding carboxylic acids is 1. The summed E-state index contributed by atoms with van der Waals surface area (Å²) >= 11 is 0. The van der Waals surface area contributed by atoms with Crippen molar-refractivity contribution in [2.75, 3.05) is 26.0 Å². The average molecular weight is 374 g/mol. The maximum atomic E-state index is 12.5. The number of para-hydroxylation sites is 1. The summed E-state index contributed by atoms with van der Waals surface area (Å²) in [7, 11) is 3.60. The molecule has 3 aromatic carbocycles. The van der Waals surface area contributed by atoms with Gasteiger partial charge in [0.25, 0.3) is 0 Å². The highest BCUT2D eigenvalue weighted by molar-refractivity contribution is 5.93. The standard InChI is InChI=1S/C24H26N2O2/c1-26(17-20-12-14-22(28-2)15-13-20)18-24(27)25-23-11-7-6-10-21(23)16-19-8-4-3-5-9-19/h3-15H,16-18H2,1-2H3,(H,25,27). The van der Waals surface area contributed by atoms with Crippen molar-refractivity contribution in [2.45, 2.75) is 13.0 Å². The van der Waals surface area contributed by atoms with Gasteiger partial charge >= 0.3 is 0 Å². The number of ether oxygens (including phenoxy) is 1. The van der Waals surface area contributed by atoms with Gasteiger partial charge in [0.1, 0.15) is 5.75 Å². The van der Waals surface area contributed by atoms with Crippen LogP contribution in [0.3, 0.4) is 0 Å². The SMILES string of the molecule is COc1ccc(CN(C)CC(=O)Nc2ccccc2Cc2ccccc2)cc1. The Labute approximate surface area is 166 Å². The monoisotopic (exact) mass is 374 g/mol. The lowest BCUT2D eigenvalue weighted by Crippen LogP contribution is -2.30. The van der Waals surface area contributed by atoms with E-state index in [9.17, 15) is 4.79 Å². The molecule has 0 fully saturated rings. The van der Waals surface area contributed by atoms with Gasteiger partial charge in [0, 0.05) is 12.2 Å². The Balaban J connectivity index is 1.58. The summed E-state index contributed by atoms with van der Waals surface area (Å²) in [5.41, 5.74) is 4.34. The van der Waals surface area contributed by atoms with Crippen LogP contribution in [-0.4, -0.2) is 31.5 Å². The van der Waals surface area contributed by atoms with E-state index in [0.717, 1.165) is 29.0 Å². The second-order valence-electron chi connectivity index (χ2n) is 6.89. The molecule has 3 rings (SSSR count). The molecule has 0 unspecified atom stereocenters. The second kappa shape index (κ2) is 9.72. The van der Waals surface area contributed by atoms with E-state index in [1.54, 1.807) is 7.11 Å². The highest BCUT2D eigenvalue weighted by atomic mass is 16.5. The fourth-order valence-electron chi connectivity index (χ4n) is 3.15. The van der Waals surface area contributed by atoms with E-state index in [1.165, 1.54) is 5.56 Å². The summed E-state index contributed by atoms with van der Waals surface area (Å²) in [5.74, 6) is 0.815. The van der Waals surface area contributed by atoms with Crippen molar-refractivity contribution in [3.05, 3.63) is 95.6 Å². The van der Waals surface area contributed by atoms with Crippen LogP contribution in [0, 0.1) is 0 Å². The molecule has 0 aliphatic carbocycles. The zero-order valence-corrected chi connectivity index (χ0v) is 16.4. The van der Waals surface area contributed by atoms with Gasteiger partial charge in [0.2, 0.25) is 5.91 Å². The molecular weight excluding hydrogens is 348 g/mol. The predicted octanol–water partition coefficient (Wildman–Crippen LogP) is 4.36. The van der Waals surface area contributed by atoms with Crippen LogP contribution in [0.15, 0.2) is 78.9 Å². The second-order valence-corrected chi connectivity index (χ2v) is 6.89. The Morgan fingerprint density at radius 1 is 0.893 bits per heavy atom. The Kier molecular flexibility index (Phi) is 6.82. The first-order valence-electron chi connectivity index (χ1n) is 9.37. The third kappa shape index (κ3) is 5.69. The lowest BCUT2D eigenvalue weighted by Gasteiger charge is -2.17. The van der Waals surface area contributed by atoms with Gasteiger partial charge in [-0.2, -0.15) is 0 Å². The quantitative estimate of drug-likeness (QED) is 0.637. The minimum atomic E-state index is -0.0171. The molecule has 144 valence electrons. The van der Waals surface area contributed by atoms with Gasteiger partial charge in [-0.1, -0.05) is 60.7 Å². The average Bonchev–Trinajstić information content (AvgIpc) is 2.70. The van der Waals surface area contributed by atoms with Crippen LogP contribution in [0.2, 0.25) is 0 Å². The maximum absolute atomic E-state index is 12.5. The minimum absolute atomic E-state index is 0.0171. The van der Waals surface area contributed by atoms with Crippen LogP contribution in [0.1, 0.15) is 16.7 Å². The Bertz CT molecular complexity index is 892. The van der Waals surface area contributed by atoms with Crippen LogP contribution in [0.25, 0.3) is 0 Å². The Morgan fingerprint density at radius 2 is 1.57 bits per heavy atom. The molecule has 28 heavy (non-hydrogen) atoms. The maximum Gasteiger partial charge on any atom is 0.238 e. The number of nitrogens with one attached hydrogen (secondary N) is 1. The van der Waals surface area contributed by atoms with E-state index in [-0.39, 0.29) is 5.91 Å². The fraction of sp³-hybridized carbons (Fsp3) is 0.208. The van der Waals surface area contributed by atoms with Crippen molar-refractivity contribution in [1.29, 1.82) is 0 Å². The fourth-order valence-corrected chi connectivity index (χ4v) is 3.15. The van der Waals surface area contributed by atoms with Crippen LogP contribution >= 0.6 is 0 Å². The summed E-state index contributed by atoms with van der Waals surface area (Å²) in [4.78, 5) is 14.5. The van der Waals surface area contributed by atoms with Crippen LogP contribution in [0.4, 0.5) is 5.69 Å². The van der Waals surface area contributed by atoms with E-state index < -0.39 is 0 Å². The number of likely N-dealkylation sites (N-methyl/N-ethyl adjacent to an activating group) is 1. The highest BCUT2D eigenvalue weighted by Crippen LogP contribution is 2.19. The number of hydrogen-bond donors (Lipinski definition) is 1. The summed E-state index contributed by atoms with van der Waals surface area (Å²) in [5, 5.41) is 3.07. The molecule has 0 aliphatic heterocycles. The summed E-state index contributed by atoms with van der Waals surface area (Å²) in [6.45, 7) is 1.02. The Hall–Kier alpha value is -3.11. The van der Waals surface area contributed by atoms with Gasteiger partial charge in [-0.05, 0) is 48.4 Å². The third-order valence-electron chi connectivity index (χ3n) is 4.55. The smallest absolute Gasteiger partial charge is 0.238 e. The van der Waals surface area contributed by atoms with Crippen molar-refractivity contribution in [2.24, 2.45) is 0 Å². The minimum Gasteiger partial charge on any atom is -0.497 e. The molecule has 0 bridgehead atoms. The third-order valence-corrected chi connectivity index (χ3v) is 4.55. The van der Waals surface area contributed by atoms with E-state index in [4.69, 9.17) is 4.74 Å². The van der Waals surface area contributed by atoms with Crippen LogP contribution in [-0.2, 0) is 17.8 Å². The van der Waals surface area contributed by atoms with Gasteiger partial charge in [-0.3, -0.25) is 9.69 Å². The zero-order chi connectivity index (χ0) is 19.8. The molecule has 1 amide bonds. The number of carbonyl (C=O) groups is 1. The molecule has 0 spiro atoms. The molecular formula is C24H26N2O2. The summed E-state index contributed by atoms with van der Waals surface area (Å²) in [6, 6.07) is 26.1. The van der Waals surface area contributed by atoms with Gasteiger partial charge in [0.15, 0.2) is 0 Å². The van der Waals surface area contributed by atoms with E-state index in [1.807, 2.05) is 72.6 Å². The van der Waals surface area contributed by atoms with Gasteiger partial charge in [0.05, 0.1) is 13.7 Å². The van der Waals surface area contributed by atoms with Crippen molar-refractivity contribution in [3.8, 4) is 5.75 Å². The molecule has 4 nitrogen and oxygen atoms in total. The highest BCUT2D eigenvalue weighted by Gasteiger charge is 2.10. The van der Waals surface area contributed by atoms with E-state index in [0.29, 0.717) is 13.1 Å². The summed E-state index contributed by atoms with van der Waals surface area (Å²) < 4.78 is 5.18.